The molecule has 0 fully saturated rings. The Morgan fingerprint density at radius 2 is 2.19 bits per heavy atom. The third-order valence-electron chi connectivity index (χ3n) is 2.95. The summed E-state index contributed by atoms with van der Waals surface area (Å²) in [4.78, 5) is 11.0. The Morgan fingerprint density at radius 3 is 2.69 bits per heavy atom. The van der Waals surface area contributed by atoms with Crippen LogP contribution >= 0.6 is 0 Å². The monoisotopic (exact) mass is 222 g/mol. The van der Waals surface area contributed by atoms with Crippen LogP contribution in [0, 0.1) is 5.92 Å². The molecular weight excluding hydrogens is 204 g/mol. The predicted octanol–water partition coefficient (Wildman–Crippen LogP) is 2.91. The molecule has 0 aliphatic carbocycles. The van der Waals surface area contributed by atoms with Gasteiger partial charge in [0.15, 0.2) is 0 Å². The maximum absolute atomic E-state index is 11.0. The number of hydrogen-bond acceptors (Lipinski definition) is 2. The number of ether oxygens (including phenoxy) is 1. The average Bonchev–Trinajstić information content (AvgIpc) is 2.30. The quantitative estimate of drug-likeness (QED) is 0.833. The van der Waals surface area contributed by atoms with Gasteiger partial charge in [-0.2, -0.15) is 0 Å². The van der Waals surface area contributed by atoms with Crippen LogP contribution in [0.5, 0.6) is 5.75 Å². The number of rotatable bonds is 5. The van der Waals surface area contributed by atoms with Crippen LogP contribution in [0.2, 0.25) is 0 Å². The van der Waals surface area contributed by atoms with E-state index in [1.807, 2.05) is 31.2 Å². The van der Waals surface area contributed by atoms with Crippen LogP contribution in [-0.2, 0) is 4.79 Å². The highest BCUT2D eigenvalue weighted by Gasteiger charge is 2.23. The lowest BCUT2D eigenvalue weighted by molar-refractivity contribution is -0.141. The van der Waals surface area contributed by atoms with Gasteiger partial charge in [0.1, 0.15) is 5.75 Å². The molecule has 0 spiro atoms. The van der Waals surface area contributed by atoms with Gasteiger partial charge in [0.25, 0.3) is 0 Å². The molecule has 1 aromatic rings. The summed E-state index contributed by atoms with van der Waals surface area (Å²) >= 11 is 0. The zero-order chi connectivity index (χ0) is 12.1. The number of carboxylic acid groups (broad SMARTS) is 1. The highest BCUT2D eigenvalue weighted by Crippen LogP contribution is 2.30. The molecule has 0 heterocycles. The molecule has 0 aliphatic rings. The standard InChI is InChI=1S/C13H18O3/c1-4-12(9(2)13(14)15)10-6-5-7-11(8-10)16-3/h5-9,12H,4H2,1-3H3,(H,14,15)/t9-,12-/m0/s1. The largest absolute Gasteiger partial charge is 0.497 e. The number of aliphatic carboxylic acids is 1. The molecule has 88 valence electrons. The fourth-order valence-electron chi connectivity index (χ4n) is 1.92. The van der Waals surface area contributed by atoms with Crippen LogP contribution in [0.15, 0.2) is 24.3 Å². The van der Waals surface area contributed by atoms with E-state index < -0.39 is 5.97 Å². The molecular formula is C13H18O3. The number of benzene rings is 1. The SMILES string of the molecule is CC[C@H](c1cccc(OC)c1)[C@H](C)C(=O)O. The normalized spacial score (nSPS) is 14.2. The maximum atomic E-state index is 11.0. The first-order valence-corrected chi connectivity index (χ1v) is 5.46. The van der Waals surface area contributed by atoms with E-state index in [0.29, 0.717) is 0 Å². The second-order valence-electron chi connectivity index (χ2n) is 3.92. The first-order chi connectivity index (χ1) is 7.60. The molecule has 16 heavy (non-hydrogen) atoms. The van der Waals surface area contributed by atoms with E-state index in [9.17, 15) is 4.79 Å². The molecule has 0 aromatic heterocycles. The van der Waals surface area contributed by atoms with Gasteiger partial charge < -0.3 is 9.84 Å². The number of methoxy groups -OCH3 is 1. The summed E-state index contributed by atoms with van der Waals surface area (Å²) in [6.07, 6.45) is 0.806. The van der Waals surface area contributed by atoms with Crippen molar-refractivity contribution in [3.05, 3.63) is 29.8 Å². The molecule has 0 saturated carbocycles. The molecule has 0 amide bonds. The lowest BCUT2D eigenvalue weighted by Gasteiger charge is -2.20. The van der Waals surface area contributed by atoms with Gasteiger partial charge in [-0.15, -0.1) is 0 Å². The lowest BCUT2D eigenvalue weighted by Crippen LogP contribution is -2.18. The molecule has 2 atom stereocenters. The van der Waals surface area contributed by atoms with Crippen LogP contribution < -0.4 is 4.74 Å². The van der Waals surface area contributed by atoms with Crippen LogP contribution in [0.4, 0.5) is 0 Å². The second kappa shape index (κ2) is 5.54. The molecule has 0 aliphatic heterocycles. The van der Waals surface area contributed by atoms with Gasteiger partial charge in [0.2, 0.25) is 0 Å². The van der Waals surface area contributed by atoms with Crippen molar-refractivity contribution in [3.8, 4) is 5.75 Å². The van der Waals surface area contributed by atoms with Crippen LogP contribution in [0.3, 0.4) is 0 Å². The molecule has 1 aromatic carbocycles. The summed E-state index contributed by atoms with van der Waals surface area (Å²) in [5, 5.41) is 9.04. The van der Waals surface area contributed by atoms with Crippen molar-refractivity contribution in [3.63, 3.8) is 0 Å². The first kappa shape index (κ1) is 12.6. The Hall–Kier alpha value is -1.51. The van der Waals surface area contributed by atoms with Crippen molar-refractivity contribution >= 4 is 5.97 Å². The Kier molecular flexibility index (Phi) is 4.35. The summed E-state index contributed by atoms with van der Waals surface area (Å²) in [6.45, 7) is 3.75. The van der Waals surface area contributed by atoms with E-state index >= 15 is 0 Å². The van der Waals surface area contributed by atoms with Gasteiger partial charge in [0, 0.05) is 0 Å². The molecule has 1 N–H and O–H groups in total. The molecule has 3 nitrogen and oxygen atoms in total. The Bertz CT molecular complexity index is 360. The fraction of sp³-hybridized carbons (Fsp3) is 0.462. The zero-order valence-corrected chi connectivity index (χ0v) is 9.93. The second-order valence-corrected chi connectivity index (χ2v) is 3.92. The minimum atomic E-state index is -0.755. The van der Waals surface area contributed by atoms with Gasteiger partial charge >= 0.3 is 5.97 Å². The number of carboxylic acids is 1. The Balaban J connectivity index is 2.98. The van der Waals surface area contributed by atoms with Crippen LogP contribution in [0.25, 0.3) is 0 Å². The van der Waals surface area contributed by atoms with Gasteiger partial charge in [0.05, 0.1) is 13.0 Å². The molecule has 0 saturated heterocycles. The summed E-state index contributed by atoms with van der Waals surface area (Å²) in [6, 6.07) is 7.62. The topological polar surface area (TPSA) is 46.5 Å². The molecule has 3 heteroatoms. The van der Waals surface area contributed by atoms with E-state index in [0.717, 1.165) is 17.7 Å². The maximum Gasteiger partial charge on any atom is 0.306 e. The van der Waals surface area contributed by atoms with Crippen molar-refractivity contribution in [2.45, 2.75) is 26.2 Å². The Labute approximate surface area is 96.1 Å². The van der Waals surface area contributed by atoms with Gasteiger partial charge in [-0.1, -0.05) is 26.0 Å². The van der Waals surface area contributed by atoms with Gasteiger partial charge in [-0.05, 0) is 30.0 Å². The summed E-state index contributed by atoms with van der Waals surface area (Å²) in [5.74, 6) is -0.326. The van der Waals surface area contributed by atoms with Crippen molar-refractivity contribution in [2.75, 3.05) is 7.11 Å². The fourth-order valence-corrected chi connectivity index (χ4v) is 1.92. The van der Waals surface area contributed by atoms with E-state index in [2.05, 4.69) is 0 Å². The highest BCUT2D eigenvalue weighted by atomic mass is 16.5. The Morgan fingerprint density at radius 1 is 1.50 bits per heavy atom. The van der Waals surface area contributed by atoms with Crippen molar-refractivity contribution in [2.24, 2.45) is 5.92 Å². The summed E-state index contributed by atoms with van der Waals surface area (Å²) < 4.78 is 5.14. The van der Waals surface area contributed by atoms with Crippen molar-refractivity contribution < 1.29 is 14.6 Å². The van der Waals surface area contributed by atoms with Gasteiger partial charge in [-0.3, -0.25) is 4.79 Å². The van der Waals surface area contributed by atoms with E-state index in [-0.39, 0.29) is 11.8 Å². The first-order valence-electron chi connectivity index (χ1n) is 5.46. The third-order valence-corrected chi connectivity index (χ3v) is 2.95. The van der Waals surface area contributed by atoms with Crippen molar-refractivity contribution in [1.29, 1.82) is 0 Å². The highest BCUT2D eigenvalue weighted by molar-refractivity contribution is 5.71. The molecule has 1 rings (SSSR count). The third kappa shape index (κ3) is 2.75. The number of carbonyl (C=O) groups is 1. The molecule has 0 unspecified atom stereocenters. The summed E-state index contributed by atoms with van der Waals surface area (Å²) in [5.41, 5.74) is 1.02. The van der Waals surface area contributed by atoms with Crippen LogP contribution in [0.1, 0.15) is 31.7 Å². The van der Waals surface area contributed by atoms with E-state index in [1.54, 1.807) is 14.0 Å². The number of hydrogen-bond donors (Lipinski definition) is 1. The average molecular weight is 222 g/mol. The minimum Gasteiger partial charge on any atom is -0.497 e. The van der Waals surface area contributed by atoms with E-state index in [1.165, 1.54) is 0 Å². The smallest absolute Gasteiger partial charge is 0.306 e. The van der Waals surface area contributed by atoms with Gasteiger partial charge in [-0.25, -0.2) is 0 Å². The zero-order valence-electron chi connectivity index (χ0n) is 9.93. The summed E-state index contributed by atoms with van der Waals surface area (Å²) in [7, 11) is 1.61. The van der Waals surface area contributed by atoms with E-state index in [4.69, 9.17) is 9.84 Å². The van der Waals surface area contributed by atoms with Crippen LogP contribution in [-0.4, -0.2) is 18.2 Å². The minimum absolute atomic E-state index is 0.0348. The molecule has 0 bridgehead atoms. The molecule has 0 radical (unpaired) electrons. The predicted molar refractivity (Wildman–Crippen MR) is 62.8 cm³/mol. The lowest BCUT2D eigenvalue weighted by atomic mass is 9.85. The van der Waals surface area contributed by atoms with Crippen molar-refractivity contribution in [1.82, 2.24) is 0 Å².